The standard InChI is InChI=1S/C22H25NO2/c1-2-3-4-5-10-15-23-25-22(24)21-19-13-8-6-11-17(19)16-18-12-7-9-14-20(18)21/h6-9,11-14,16,23H,2-5,10,15H2,1H3/q+1. The van der Waals surface area contributed by atoms with Gasteiger partial charge in [-0.25, -0.2) is 0 Å². The highest BCUT2D eigenvalue weighted by molar-refractivity contribution is 6.16. The van der Waals surface area contributed by atoms with Crippen molar-refractivity contribution in [1.82, 2.24) is 5.48 Å². The van der Waals surface area contributed by atoms with Crippen molar-refractivity contribution in [2.75, 3.05) is 6.54 Å². The molecule has 0 aliphatic carbocycles. The van der Waals surface area contributed by atoms with E-state index in [2.05, 4.69) is 18.5 Å². The van der Waals surface area contributed by atoms with Gasteiger partial charge in [-0.15, -0.1) is 0 Å². The summed E-state index contributed by atoms with van der Waals surface area (Å²) in [7, 11) is 0. The summed E-state index contributed by atoms with van der Waals surface area (Å²) in [4.78, 5) is 18.1. The molecule has 0 atom stereocenters. The summed E-state index contributed by atoms with van der Waals surface area (Å²) in [6.07, 6.45) is 5.91. The maximum absolute atomic E-state index is 12.7. The number of hydrogen-bond acceptors (Lipinski definition) is 3. The highest BCUT2D eigenvalue weighted by atomic mass is 16.7. The molecule has 25 heavy (non-hydrogen) atoms. The van der Waals surface area contributed by atoms with E-state index in [0.717, 1.165) is 34.4 Å². The molecule has 0 amide bonds. The van der Waals surface area contributed by atoms with Crippen LogP contribution in [0.3, 0.4) is 0 Å². The van der Waals surface area contributed by atoms with Gasteiger partial charge < -0.3 is 0 Å². The predicted molar refractivity (Wildman–Crippen MR) is 104 cm³/mol. The summed E-state index contributed by atoms with van der Waals surface area (Å²) in [6.45, 7) is 2.90. The molecular formula is C22H25NO2+. The molecule has 129 valence electrons. The van der Waals surface area contributed by atoms with Gasteiger partial charge in [-0.1, -0.05) is 86.6 Å². The number of unbranched alkanes of at least 4 members (excludes halogenated alkanes) is 4. The normalized spacial score (nSPS) is 11.1. The zero-order chi connectivity index (χ0) is 17.5. The number of nitrogens with one attached hydrogen (secondary N) is 1. The maximum atomic E-state index is 12.7. The van der Waals surface area contributed by atoms with Crippen molar-refractivity contribution >= 4 is 27.5 Å². The lowest BCUT2D eigenvalue weighted by Crippen LogP contribution is -2.21. The summed E-state index contributed by atoms with van der Waals surface area (Å²) in [5.74, 6) is -0.318. The minimum Gasteiger partial charge on any atom is -0.195 e. The molecular weight excluding hydrogens is 310 g/mol. The highest BCUT2D eigenvalue weighted by Gasteiger charge is 2.27. The van der Waals surface area contributed by atoms with Crippen molar-refractivity contribution in [3.8, 4) is 0 Å². The number of benzene rings is 3. The van der Waals surface area contributed by atoms with Gasteiger partial charge in [0.15, 0.2) is 0 Å². The Bertz CT molecular complexity index is 803. The second-order valence-corrected chi connectivity index (χ2v) is 6.39. The molecule has 0 aromatic heterocycles. The molecule has 3 aromatic rings. The fourth-order valence-electron chi connectivity index (χ4n) is 3.20. The lowest BCUT2D eigenvalue weighted by atomic mass is 9.97. The van der Waals surface area contributed by atoms with Crippen LogP contribution in [0.25, 0.3) is 21.5 Å². The number of rotatable bonds is 8. The molecule has 0 fully saturated rings. The molecule has 0 saturated heterocycles. The lowest BCUT2D eigenvalue weighted by molar-refractivity contribution is 0.0256. The predicted octanol–water partition coefficient (Wildman–Crippen LogP) is 5.62. The van der Waals surface area contributed by atoms with Gasteiger partial charge in [-0.3, -0.25) is 0 Å². The van der Waals surface area contributed by atoms with Crippen molar-refractivity contribution in [1.29, 1.82) is 0 Å². The van der Waals surface area contributed by atoms with Gasteiger partial charge in [-0.05, 0) is 23.3 Å². The number of carbonyl (C=O) groups excluding carboxylic acids is 1. The molecule has 3 heteroatoms. The first-order valence-corrected chi connectivity index (χ1v) is 9.16. The molecule has 3 nitrogen and oxygen atoms in total. The van der Waals surface area contributed by atoms with Crippen LogP contribution in [0.5, 0.6) is 0 Å². The SMILES string of the molecule is CCCCCCCNOC(=[O+])c1c2ccccc2cc2ccccc12. The van der Waals surface area contributed by atoms with E-state index in [4.69, 9.17) is 4.84 Å². The minimum atomic E-state index is -0.318. The van der Waals surface area contributed by atoms with Crippen LogP contribution in [0.1, 0.15) is 49.4 Å². The highest BCUT2D eigenvalue weighted by Crippen LogP contribution is 2.28. The number of hydrogen-bond donors (Lipinski definition) is 1. The van der Waals surface area contributed by atoms with Crippen LogP contribution in [-0.2, 0) is 4.84 Å². The molecule has 0 heterocycles. The van der Waals surface area contributed by atoms with Gasteiger partial charge in [0, 0.05) is 10.8 Å². The maximum Gasteiger partial charge on any atom is 0.632 e. The second kappa shape index (κ2) is 8.63. The summed E-state index contributed by atoms with van der Waals surface area (Å²) in [5.41, 5.74) is 3.47. The molecule has 0 aliphatic heterocycles. The Hall–Kier alpha value is -2.39. The van der Waals surface area contributed by atoms with Crippen molar-refractivity contribution in [3.05, 3.63) is 60.2 Å². The molecule has 3 rings (SSSR count). The fraction of sp³-hybridized carbons (Fsp3) is 0.318. The summed E-state index contributed by atoms with van der Waals surface area (Å²) in [5, 5.41) is 3.95. The number of carbonyl (C=O) groups is 1. The molecule has 0 unspecified atom stereocenters. The van der Waals surface area contributed by atoms with Gasteiger partial charge >= 0.3 is 5.97 Å². The molecule has 0 spiro atoms. The van der Waals surface area contributed by atoms with E-state index in [1.165, 1.54) is 19.3 Å². The van der Waals surface area contributed by atoms with Crippen LogP contribution < -0.4 is 5.48 Å². The third-order valence-corrected chi connectivity index (χ3v) is 4.52. The van der Waals surface area contributed by atoms with Gasteiger partial charge in [-0.2, -0.15) is 4.84 Å². The van der Waals surface area contributed by atoms with Crippen molar-refractivity contribution < 1.29 is 9.63 Å². The first kappa shape index (κ1) is 17.4. The number of hydroxylamine groups is 1. The van der Waals surface area contributed by atoms with Crippen LogP contribution >= 0.6 is 0 Å². The minimum absolute atomic E-state index is 0.318. The van der Waals surface area contributed by atoms with E-state index >= 15 is 0 Å². The third kappa shape index (κ3) is 4.18. The Balaban J connectivity index is 1.75. The topological polar surface area (TPSA) is 41.2 Å². The Morgan fingerprint density at radius 1 is 0.880 bits per heavy atom. The van der Waals surface area contributed by atoms with E-state index in [9.17, 15) is 4.79 Å². The Morgan fingerprint density at radius 2 is 1.48 bits per heavy atom. The first-order chi connectivity index (χ1) is 12.3. The second-order valence-electron chi connectivity index (χ2n) is 6.39. The first-order valence-electron chi connectivity index (χ1n) is 9.16. The fourth-order valence-corrected chi connectivity index (χ4v) is 3.20. The molecule has 3 aromatic carbocycles. The summed E-state index contributed by atoms with van der Waals surface area (Å²) in [6, 6.07) is 18.0. The molecule has 0 bridgehead atoms. The lowest BCUT2D eigenvalue weighted by Gasteiger charge is -2.06. The monoisotopic (exact) mass is 335 g/mol. The molecule has 0 saturated carbocycles. The molecule has 1 N–H and O–H groups in total. The van der Waals surface area contributed by atoms with Gasteiger partial charge in [0.1, 0.15) is 5.56 Å². The average Bonchev–Trinajstić information content (AvgIpc) is 2.65. The van der Waals surface area contributed by atoms with E-state index in [1.807, 2.05) is 48.5 Å². The Kier molecular flexibility index (Phi) is 6.02. The summed E-state index contributed by atoms with van der Waals surface area (Å²) < 4.78 is 0. The summed E-state index contributed by atoms with van der Waals surface area (Å²) >= 11 is 0. The van der Waals surface area contributed by atoms with Crippen LogP contribution in [0.15, 0.2) is 54.6 Å². The average molecular weight is 335 g/mol. The van der Waals surface area contributed by atoms with Crippen LogP contribution in [0, 0.1) is 0 Å². The third-order valence-electron chi connectivity index (χ3n) is 4.52. The van der Waals surface area contributed by atoms with Crippen LogP contribution in [0.2, 0.25) is 0 Å². The van der Waals surface area contributed by atoms with Gasteiger partial charge in [0.25, 0.3) is 0 Å². The van der Waals surface area contributed by atoms with Crippen LogP contribution in [0.4, 0.5) is 0 Å². The van der Waals surface area contributed by atoms with Crippen molar-refractivity contribution in [2.45, 2.75) is 39.0 Å². The largest absolute Gasteiger partial charge is 0.632 e. The molecule has 1 radical (unpaired) electrons. The molecule has 0 aliphatic rings. The van der Waals surface area contributed by atoms with Crippen molar-refractivity contribution in [3.63, 3.8) is 0 Å². The zero-order valence-corrected chi connectivity index (χ0v) is 14.8. The van der Waals surface area contributed by atoms with E-state index in [1.54, 1.807) is 0 Å². The van der Waals surface area contributed by atoms with E-state index < -0.39 is 0 Å². The number of fused-ring (bicyclic) bond motifs is 2. The van der Waals surface area contributed by atoms with Gasteiger partial charge in [0.2, 0.25) is 0 Å². The Morgan fingerprint density at radius 3 is 2.12 bits per heavy atom. The van der Waals surface area contributed by atoms with Crippen molar-refractivity contribution in [2.24, 2.45) is 0 Å². The van der Waals surface area contributed by atoms with E-state index in [-0.39, 0.29) is 5.97 Å². The Labute approximate surface area is 148 Å². The smallest absolute Gasteiger partial charge is 0.195 e. The van der Waals surface area contributed by atoms with E-state index in [0.29, 0.717) is 12.1 Å². The zero-order valence-electron chi connectivity index (χ0n) is 14.8. The van der Waals surface area contributed by atoms with Gasteiger partial charge in [0.05, 0.1) is 11.3 Å². The quantitative estimate of drug-likeness (QED) is 0.251. The van der Waals surface area contributed by atoms with Crippen LogP contribution in [-0.4, -0.2) is 12.5 Å².